The predicted molar refractivity (Wildman–Crippen MR) is 89.2 cm³/mol. The van der Waals surface area contributed by atoms with Crippen LogP contribution in [0, 0.1) is 5.92 Å². The maximum Gasteiger partial charge on any atom is 0.317 e. The molecule has 0 radical (unpaired) electrons. The Bertz CT molecular complexity index is 397. The molecule has 0 aliphatic carbocycles. The van der Waals surface area contributed by atoms with Crippen LogP contribution < -0.4 is 10.6 Å². The minimum atomic E-state index is -0.0865. The maximum absolute atomic E-state index is 12.4. The zero-order valence-electron chi connectivity index (χ0n) is 14.5. The van der Waals surface area contributed by atoms with E-state index in [1.165, 1.54) is 0 Å². The van der Waals surface area contributed by atoms with Gasteiger partial charge in [-0.2, -0.15) is 0 Å². The first-order chi connectivity index (χ1) is 11.1. The van der Waals surface area contributed by atoms with Gasteiger partial charge in [-0.3, -0.25) is 4.79 Å². The highest BCUT2D eigenvalue weighted by Gasteiger charge is 2.32. The molecule has 2 saturated heterocycles. The lowest BCUT2D eigenvalue weighted by atomic mass is 9.93. The van der Waals surface area contributed by atoms with E-state index in [-0.39, 0.29) is 30.0 Å². The quantitative estimate of drug-likeness (QED) is 0.733. The number of carbonyl (C=O) groups excluding carboxylic acids is 2. The molecule has 23 heavy (non-hydrogen) atoms. The summed E-state index contributed by atoms with van der Waals surface area (Å²) >= 11 is 0. The van der Waals surface area contributed by atoms with Gasteiger partial charge >= 0.3 is 6.03 Å². The Labute approximate surface area is 139 Å². The molecule has 0 unspecified atom stereocenters. The first-order valence-electron chi connectivity index (χ1n) is 9.05. The van der Waals surface area contributed by atoms with E-state index in [1.54, 1.807) is 0 Å². The molecule has 0 bridgehead atoms. The zero-order valence-corrected chi connectivity index (χ0v) is 14.5. The molecule has 0 spiro atoms. The second-order valence-corrected chi connectivity index (χ2v) is 6.74. The van der Waals surface area contributed by atoms with E-state index in [2.05, 4.69) is 24.5 Å². The third-order valence-electron chi connectivity index (χ3n) is 4.85. The average Bonchev–Trinajstić information content (AvgIpc) is 3.06. The van der Waals surface area contributed by atoms with Crippen LogP contribution in [0.15, 0.2) is 0 Å². The molecule has 2 N–H and O–H groups in total. The molecule has 2 aliphatic rings. The average molecular weight is 325 g/mol. The Morgan fingerprint density at radius 2 is 2.04 bits per heavy atom. The number of nitrogens with one attached hydrogen (secondary N) is 2. The number of rotatable bonds is 6. The van der Waals surface area contributed by atoms with Gasteiger partial charge in [0, 0.05) is 32.3 Å². The fourth-order valence-electron chi connectivity index (χ4n) is 3.24. The van der Waals surface area contributed by atoms with Gasteiger partial charge in [0.1, 0.15) is 0 Å². The summed E-state index contributed by atoms with van der Waals surface area (Å²) in [6, 6.07) is 0.109. The lowest BCUT2D eigenvalue weighted by Crippen LogP contribution is -2.53. The van der Waals surface area contributed by atoms with Crippen molar-refractivity contribution < 1.29 is 14.3 Å². The summed E-state index contributed by atoms with van der Waals surface area (Å²) < 4.78 is 5.53. The summed E-state index contributed by atoms with van der Waals surface area (Å²) in [6.07, 6.45) is 6.03. The number of likely N-dealkylation sites (tertiary alicyclic amines) is 1. The predicted octanol–water partition coefficient (Wildman–Crippen LogP) is 1.89. The molecule has 3 atom stereocenters. The SMILES string of the molecule is CCCCNC(=O)[C@@H]1CC[C@H](C)N(C(=O)NC[C@H]2CCCO2)C1. The van der Waals surface area contributed by atoms with Crippen molar-refractivity contribution in [2.45, 2.75) is 64.5 Å². The molecule has 2 heterocycles. The Balaban J connectivity index is 1.79. The highest BCUT2D eigenvalue weighted by Crippen LogP contribution is 2.22. The van der Waals surface area contributed by atoms with Gasteiger partial charge in [-0.15, -0.1) is 0 Å². The van der Waals surface area contributed by atoms with Gasteiger partial charge in [0.05, 0.1) is 12.0 Å². The summed E-state index contributed by atoms with van der Waals surface area (Å²) in [4.78, 5) is 26.5. The first kappa shape index (κ1) is 18.0. The Morgan fingerprint density at radius 1 is 1.22 bits per heavy atom. The van der Waals surface area contributed by atoms with Crippen molar-refractivity contribution in [2.75, 3.05) is 26.2 Å². The van der Waals surface area contributed by atoms with Crippen LogP contribution in [-0.2, 0) is 9.53 Å². The number of hydrogen-bond donors (Lipinski definition) is 2. The maximum atomic E-state index is 12.4. The van der Waals surface area contributed by atoms with Crippen LogP contribution in [-0.4, -0.2) is 55.2 Å². The summed E-state index contributed by atoms with van der Waals surface area (Å²) in [5, 5.41) is 5.95. The van der Waals surface area contributed by atoms with Crippen LogP contribution in [0.1, 0.15) is 52.4 Å². The largest absolute Gasteiger partial charge is 0.376 e. The third-order valence-corrected chi connectivity index (χ3v) is 4.85. The molecule has 3 amide bonds. The number of piperidine rings is 1. The minimum Gasteiger partial charge on any atom is -0.376 e. The van der Waals surface area contributed by atoms with E-state index in [4.69, 9.17) is 4.74 Å². The summed E-state index contributed by atoms with van der Waals surface area (Å²) in [5.74, 6) is -0.00110. The number of urea groups is 1. The van der Waals surface area contributed by atoms with Crippen LogP contribution >= 0.6 is 0 Å². The molecule has 2 aliphatic heterocycles. The number of amides is 3. The zero-order chi connectivity index (χ0) is 16.7. The number of ether oxygens (including phenoxy) is 1. The second kappa shape index (κ2) is 9.11. The minimum absolute atomic E-state index is 0.0703. The van der Waals surface area contributed by atoms with Gasteiger partial charge in [0.15, 0.2) is 0 Å². The van der Waals surface area contributed by atoms with E-state index in [0.29, 0.717) is 13.1 Å². The molecule has 6 nitrogen and oxygen atoms in total. The Morgan fingerprint density at radius 3 is 2.74 bits per heavy atom. The lowest BCUT2D eigenvalue weighted by molar-refractivity contribution is -0.126. The van der Waals surface area contributed by atoms with Crippen molar-refractivity contribution in [3.8, 4) is 0 Å². The van der Waals surface area contributed by atoms with Gasteiger partial charge in [0.25, 0.3) is 0 Å². The van der Waals surface area contributed by atoms with Gasteiger partial charge in [-0.1, -0.05) is 13.3 Å². The molecule has 0 aromatic rings. The third kappa shape index (κ3) is 5.37. The van der Waals surface area contributed by atoms with E-state index >= 15 is 0 Å². The molecule has 0 aromatic heterocycles. The second-order valence-electron chi connectivity index (χ2n) is 6.74. The van der Waals surface area contributed by atoms with Crippen molar-refractivity contribution in [1.29, 1.82) is 0 Å². The highest BCUT2D eigenvalue weighted by atomic mass is 16.5. The molecule has 132 valence electrons. The van der Waals surface area contributed by atoms with Gasteiger partial charge in [-0.25, -0.2) is 4.79 Å². The molecule has 2 rings (SSSR count). The molecule has 2 fully saturated rings. The first-order valence-corrected chi connectivity index (χ1v) is 9.05. The van der Waals surface area contributed by atoms with E-state index in [1.807, 2.05) is 4.90 Å². The van der Waals surface area contributed by atoms with Crippen LogP contribution in [0.2, 0.25) is 0 Å². The van der Waals surface area contributed by atoms with Crippen LogP contribution in [0.5, 0.6) is 0 Å². The van der Waals surface area contributed by atoms with Gasteiger partial charge in [-0.05, 0) is 39.0 Å². The van der Waals surface area contributed by atoms with Crippen LogP contribution in [0.4, 0.5) is 4.79 Å². The molecule has 0 aromatic carbocycles. The van der Waals surface area contributed by atoms with Gasteiger partial charge in [0.2, 0.25) is 5.91 Å². The smallest absolute Gasteiger partial charge is 0.317 e. The Hall–Kier alpha value is -1.30. The van der Waals surface area contributed by atoms with E-state index in [0.717, 1.165) is 51.7 Å². The Kier molecular flexibility index (Phi) is 7.15. The van der Waals surface area contributed by atoms with Crippen LogP contribution in [0.25, 0.3) is 0 Å². The molecular weight excluding hydrogens is 294 g/mol. The molecule has 6 heteroatoms. The van der Waals surface area contributed by atoms with Crippen LogP contribution in [0.3, 0.4) is 0 Å². The van der Waals surface area contributed by atoms with E-state index in [9.17, 15) is 9.59 Å². The van der Waals surface area contributed by atoms with Crippen molar-refractivity contribution in [3.05, 3.63) is 0 Å². The number of unbranched alkanes of at least 4 members (excludes halogenated alkanes) is 1. The monoisotopic (exact) mass is 325 g/mol. The highest BCUT2D eigenvalue weighted by molar-refractivity contribution is 5.81. The summed E-state index contributed by atoms with van der Waals surface area (Å²) in [6.45, 7) is 6.75. The standard InChI is InChI=1S/C17H31N3O3/c1-3-4-9-18-16(21)14-8-7-13(2)20(12-14)17(22)19-11-15-6-5-10-23-15/h13-15H,3-12H2,1-2H3,(H,18,21)(H,19,22)/t13-,14+,15+/m0/s1. The number of carbonyl (C=O) groups is 2. The molecular formula is C17H31N3O3. The normalized spacial score (nSPS) is 27.7. The van der Waals surface area contributed by atoms with Gasteiger partial charge < -0.3 is 20.3 Å². The molecule has 0 saturated carbocycles. The summed E-state index contributed by atoms with van der Waals surface area (Å²) in [7, 11) is 0. The topological polar surface area (TPSA) is 70.7 Å². The van der Waals surface area contributed by atoms with Crippen molar-refractivity contribution in [2.24, 2.45) is 5.92 Å². The fourth-order valence-corrected chi connectivity index (χ4v) is 3.24. The number of nitrogens with zero attached hydrogens (tertiary/aromatic N) is 1. The van der Waals surface area contributed by atoms with Crippen molar-refractivity contribution in [3.63, 3.8) is 0 Å². The number of hydrogen-bond acceptors (Lipinski definition) is 3. The van der Waals surface area contributed by atoms with E-state index < -0.39 is 0 Å². The summed E-state index contributed by atoms with van der Waals surface area (Å²) in [5.41, 5.74) is 0. The van der Waals surface area contributed by atoms with Crippen molar-refractivity contribution >= 4 is 11.9 Å². The lowest BCUT2D eigenvalue weighted by Gasteiger charge is -2.37. The van der Waals surface area contributed by atoms with Crippen molar-refractivity contribution in [1.82, 2.24) is 15.5 Å². The fraction of sp³-hybridized carbons (Fsp3) is 0.882.